The van der Waals surface area contributed by atoms with E-state index in [0.717, 1.165) is 0 Å². The van der Waals surface area contributed by atoms with E-state index in [2.05, 4.69) is 53.3 Å². The molecule has 0 unspecified atom stereocenters. The molecule has 0 aromatic rings. The molecule has 0 fully saturated rings. The van der Waals surface area contributed by atoms with Crippen LogP contribution in [0.3, 0.4) is 0 Å². The molecule has 6 heteroatoms. The summed E-state index contributed by atoms with van der Waals surface area (Å²) >= 11 is 0. The first kappa shape index (κ1) is 27.5. The van der Waals surface area contributed by atoms with Crippen LogP contribution in [-0.4, -0.2) is 65.1 Å². The second-order valence-electron chi connectivity index (χ2n) is 5.18. The maximum atomic E-state index is 2.39. The average molecular weight is 670 g/mol. The van der Waals surface area contributed by atoms with Crippen LogP contribution in [0, 0.1) is 0 Å². The predicted molar refractivity (Wildman–Crippen MR) is 90.4 cm³/mol. The van der Waals surface area contributed by atoms with Crippen molar-refractivity contribution < 1.29 is 44.8 Å². The maximum Gasteiger partial charge on any atom is 0.154 e. The summed E-state index contributed by atoms with van der Waals surface area (Å²) in [5.74, 6) is 3.13. The van der Waals surface area contributed by atoms with Crippen molar-refractivity contribution in [1.82, 2.24) is 0 Å². The van der Waals surface area contributed by atoms with E-state index in [1.54, 1.807) is 11.8 Å². The fourth-order valence-corrected chi connectivity index (χ4v) is 12.7. The first-order chi connectivity index (χ1) is 6.25. The molecular weight excluding hydrogens is 638 g/mol. The van der Waals surface area contributed by atoms with Gasteiger partial charge in [0.1, 0.15) is 0 Å². The van der Waals surface area contributed by atoms with Gasteiger partial charge in [-0.2, -0.15) is 0 Å². The van der Waals surface area contributed by atoms with Crippen LogP contribution in [0.15, 0.2) is 0 Å². The fourth-order valence-electron chi connectivity index (χ4n) is 1.41. The normalized spacial score (nSPS) is 9.75. The molecule has 0 rings (SSSR count). The van der Waals surface area contributed by atoms with Crippen LogP contribution >= 0.6 is 31.7 Å². The Morgan fingerprint density at radius 1 is 0.438 bits per heavy atom. The van der Waals surface area contributed by atoms with Gasteiger partial charge in [0.15, 0.2) is 11.8 Å². The quantitative estimate of drug-likeness (QED) is 0.316. The molecule has 0 N–H and O–H groups in total. The van der Waals surface area contributed by atoms with Crippen molar-refractivity contribution in [2.45, 2.75) is 0 Å². The molecule has 0 bridgehead atoms. The van der Waals surface area contributed by atoms with E-state index in [4.69, 9.17) is 0 Å². The number of hydrogen-bond acceptors (Lipinski definition) is 0. The van der Waals surface area contributed by atoms with E-state index in [1.165, 1.54) is 0 Å². The minimum atomic E-state index is 0. The molecule has 0 amide bonds. The van der Waals surface area contributed by atoms with Crippen molar-refractivity contribution in [3.8, 4) is 0 Å². The van der Waals surface area contributed by atoms with Gasteiger partial charge >= 0.3 is 0 Å². The number of hydrogen-bond donors (Lipinski definition) is 0. The summed E-state index contributed by atoms with van der Waals surface area (Å²) < 4.78 is 0. The van der Waals surface area contributed by atoms with Crippen molar-refractivity contribution in [2.24, 2.45) is 0 Å². The molecule has 0 saturated carbocycles. The van der Waals surface area contributed by atoms with Gasteiger partial charge < -0.3 is 0 Å². The van der Waals surface area contributed by atoms with Crippen LogP contribution in [0.4, 0.5) is 0 Å². The molecule has 0 saturated heterocycles. The summed E-state index contributed by atoms with van der Waals surface area (Å²) in [6, 6.07) is 0. The molecule has 0 aliphatic carbocycles. The van der Waals surface area contributed by atoms with Gasteiger partial charge in [0, 0.05) is 130 Å². The smallest absolute Gasteiger partial charge is 0 e. The van der Waals surface area contributed by atoms with E-state index in [1.807, 2.05) is 0 Å². The SMILES string of the molecule is C[PH+](C)C[PH+](C)C.C[PH+](C)C[PH+](C)C.[Au].[Au]. The Bertz CT molecular complexity index is 93.4. The average Bonchev–Trinajstić information content (AvgIpc) is 1.79. The van der Waals surface area contributed by atoms with E-state index in [0.29, 0.717) is 0 Å². The summed E-state index contributed by atoms with van der Waals surface area (Å²) in [5.41, 5.74) is 0. The Kier molecular flexibility index (Phi) is 31.3. The Morgan fingerprint density at radius 2 is 0.562 bits per heavy atom. The van der Waals surface area contributed by atoms with Crippen LogP contribution in [0.5, 0.6) is 0 Å². The van der Waals surface area contributed by atoms with Crippen LogP contribution in [0.25, 0.3) is 0 Å². The Morgan fingerprint density at radius 3 is 0.562 bits per heavy atom. The van der Waals surface area contributed by atoms with Gasteiger partial charge in [-0.1, -0.05) is 0 Å². The maximum absolute atomic E-state index is 2.39. The van der Waals surface area contributed by atoms with Gasteiger partial charge in [-0.15, -0.1) is 0 Å². The number of rotatable bonds is 4. The van der Waals surface area contributed by atoms with Crippen molar-refractivity contribution in [1.29, 1.82) is 0 Å². The van der Waals surface area contributed by atoms with Crippen LogP contribution in [-0.2, 0) is 44.8 Å². The molecule has 0 nitrogen and oxygen atoms in total. The van der Waals surface area contributed by atoms with Crippen molar-refractivity contribution in [3.05, 3.63) is 0 Å². The van der Waals surface area contributed by atoms with Crippen molar-refractivity contribution in [3.63, 3.8) is 0 Å². The zero-order chi connectivity index (χ0) is 11.7. The molecule has 0 aromatic heterocycles. The summed E-state index contributed by atoms with van der Waals surface area (Å²) in [6.45, 7) is 19.1. The second-order valence-corrected chi connectivity index (χ2v) is 17.7. The molecule has 2 radical (unpaired) electrons. The molecule has 0 atom stereocenters. The predicted octanol–water partition coefficient (Wildman–Crippen LogP) is 3.78. The van der Waals surface area contributed by atoms with E-state index in [-0.39, 0.29) is 76.4 Å². The van der Waals surface area contributed by atoms with E-state index >= 15 is 0 Å². The second kappa shape index (κ2) is 18.2. The van der Waals surface area contributed by atoms with Gasteiger partial charge in [0.05, 0.1) is 0 Å². The van der Waals surface area contributed by atoms with Gasteiger partial charge in [-0.3, -0.25) is 0 Å². The Hall–Kier alpha value is 3.20. The van der Waals surface area contributed by atoms with E-state index < -0.39 is 0 Å². The van der Waals surface area contributed by atoms with Gasteiger partial charge in [0.2, 0.25) is 0 Å². The summed E-state index contributed by atoms with van der Waals surface area (Å²) in [7, 11) is 0.444. The molecule has 0 spiro atoms. The molecule has 16 heavy (non-hydrogen) atoms. The standard InChI is InChI=1S/2C5H14P2.2Au/c2*1-6(2)5-7(3)4;;/h2*5H2,1-4H3;;/p+4. The molecule has 110 valence electrons. The third-order valence-electron chi connectivity index (χ3n) is 1.41. The minimum absolute atomic E-state index is 0. The Labute approximate surface area is 140 Å². The third-order valence-corrected chi connectivity index (χ3v) is 12.7. The molecule has 0 aliphatic heterocycles. The molecule has 0 heterocycles. The first-order valence-corrected chi connectivity index (χ1v) is 16.2. The summed E-state index contributed by atoms with van der Waals surface area (Å²) in [4.78, 5) is 0. The van der Waals surface area contributed by atoms with E-state index in [9.17, 15) is 0 Å². The zero-order valence-corrected chi connectivity index (χ0v) is 20.4. The van der Waals surface area contributed by atoms with Gasteiger partial charge in [0.25, 0.3) is 0 Å². The van der Waals surface area contributed by atoms with Gasteiger partial charge in [-0.25, -0.2) is 0 Å². The molecule has 0 aliphatic rings. The van der Waals surface area contributed by atoms with Crippen LogP contribution in [0.1, 0.15) is 0 Å². The summed E-state index contributed by atoms with van der Waals surface area (Å²) in [6.07, 6.45) is 0. The topological polar surface area (TPSA) is 0 Å². The first-order valence-electron chi connectivity index (χ1n) is 5.41. The van der Waals surface area contributed by atoms with Crippen LogP contribution < -0.4 is 0 Å². The van der Waals surface area contributed by atoms with Crippen molar-refractivity contribution >= 4 is 31.7 Å². The van der Waals surface area contributed by atoms with Crippen LogP contribution in [0.2, 0.25) is 0 Å². The largest absolute Gasteiger partial charge is 0.154 e. The third kappa shape index (κ3) is 36.0. The monoisotopic (exact) mass is 670 g/mol. The Balaban J connectivity index is -0.0000000800. The fraction of sp³-hybridized carbons (Fsp3) is 1.00. The summed E-state index contributed by atoms with van der Waals surface area (Å²) in [5, 5.41) is 0. The molecule has 0 aromatic carbocycles. The zero-order valence-electron chi connectivity index (χ0n) is 12.0. The minimum Gasteiger partial charge on any atom is 0 e. The van der Waals surface area contributed by atoms with Crippen molar-refractivity contribution in [2.75, 3.05) is 65.1 Å². The van der Waals surface area contributed by atoms with Gasteiger partial charge in [-0.05, 0) is 0 Å². The molecular formula is C10H32Au2P4+4.